The number of hydrogen-bond acceptors (Lipinski definition) is 6. The number of fused-ring (bicyclic) bond motifs is 1. The van der Waals surface area contributed by atoms with Gasteiger partial charge in [-0.2, -0.15) is 0 Å². The lowest BCUT2D eigenvalue weighted by molar-refractivity contribution is -0.384. The SMILES string of the molecule is CN1CC2(Cc3cc([N+](=O)[O-])ccc31)C(=O)NC(=S)N(C1CC1)C2=O. The molecule has 2 heterocycles. The summed E-state index contributed by atoms with van der Waals surface area (Å²) in [6.07, 6.45) is 1.87. The van der Waals surface area contributed by atoms with Crippen molar-refractivity contribution in [2.24, 2.45) is 5.41 Å². The Bertz CT molecular complexity index is 837. The summed E-state index contributed by atoms with van der Waals surface area (Å²) in [6.45, 7) is 0.217. The molecule has 2 aliphatic heterocycles. The second kappa shape index (κ2) is 5.22. The predicted octanol–water partition coefficient (Wildman–Crippen LogP) is 0.979. The van der Waals surface area contributed by atoms with Crippen molar-refractivity contribution in [1.82, 2.24) is 10.2 Å². The molecule has 1 saturated carbocycles. The standard InChI is InChI=1S/C16H16N4O4S/c1-18-8-16(7-9-6-11(20(23)24)4-5-12(9)18)13(21)17-15(25)19(14(16)22)10-2-3-10/h4-6,10H,2-3,7-8H2,1H3,(H,17,21,25). The average molecular weight is 360 g/mol. The molecule has 1 unspecified atom stereocenters. The van der Waals surface area contributed by atoms with Crippen molar-refractivity contribution >= 4 is 40.5 Å². The molecule has 2 amide bonds. The molecule has 1 saturated heterocycles. The molecule has 8 nitrogen and oxygen atoms in total. The molecule has 1 aromatic carbocycles. The van der Waals surface area contributed by atoms with Crippen molar-refractivity contribution in [3.8, 4) is 0 Å². The zero-order valence-corrected chi connectivity index (χ0v) is 14.3. The van der Waals surface area contributed by atoms with Crippen molar-refractivity contribution in [2.45, 2.75) is 25.3 Å². The van der Waals surface area contributed by atoms with Gasteiger partial charge in [0, 0.05) is 37.5 Å². The van der Waals surface area contributed by atoms with Crippen LogP contribution in [-0.4, -0.2) is 46.4 Å². The van der Waals surface area contributed by atoms with Crippen molar-refractivity contribution in [3.63, 3.8) is 0 Å². The first-order chi connectivity index (χ1) is 11.8. The molecule has 0 radical (unpaired) electrons. The maximum Gasteiger partial charge on any atom is 0.269 e. The van der Waals surface area contributed by atoms with E-state index in [1.54, 1.807) is 18.0 Å². The van der Waals surface area contributed by atoms with E-state index in [2.05, 4.69) is 5.32 Å². The highest BCUT2D eigenvalue weighted by atomic mass is 32.1. The van der Waals surface area contributed by atoms with Crippen LogP contribution < -0.4 is 10.2 Å². The summed E-state index contributed by atoms with van der Waals surface area (Å²) >= 11 is 5.18. The van der Waals surface area contributed by atoms with Gasteiger partial charge in [-0.15, -0.1) is 0 Å². The number of nitrogens with zero attached hydrogens (tertiary/aromatic N) is 3. The Morgan fingerprint density at radius 2 is 2.08 bits per heavy atom. The van der Waals surface area contributed by atoms with Gasteiger partial charge >= 0.3 is 0 Å². The summed E-state index contributed by atoms with van der Waals surface area (Å²) < 4.78 is 0. The van der Waals surface area contributed by atoms with E-state index >= 15 is 0 Å². The molecule has 1 aliphatic carbocycles. The molecule has 4 rings (SSSR count). The van der Waals surface area contributed by atoms with Crippen LogP contribution in [0.2, 0.25) is 0 Å². The molecule has 1 atom stereocenters. The molecular weight excluding hydrogens is 344 g/mol. The van der Waals surface area contributed by atoms with Gasteiger partial charge in [0.25, 0.3) is 5.69 Å². The van der Waals surface area contributed by atoms with E-state index in [1.807, 2.05) is 0 Å². The number of hydrogen-bond donors (Lipinski definition) is 1. The summed E-state index contributed by atoms with van der Waals surface area (Å²) in [5.41, 5.74) is 0.0578. The highest BCUT2D eigenvalue weighted by molar-refractivity contribution is 7.80. The molecule has 25 heavy (non-hydrogen) atoms. The topological polar surface area (TPSA) is 95.8 Å². The van der Waals surface area contributed by atoms with Gasteiger partial charge in [0.1, 0.15) is 5.41 Å². The second-order valence-electron chi connectivity index (χ2n) is 6.85. The zero-order valence-electron chi connectivity index (χ0n) is 13.5. The Labute approximate surface area is 148 Å². The molecule has 1 spiro atoms. The van der Waals surface area contributed by atoms with Crippen molar-refractivity contribution in [2.75, 3.05) is 18.5 Å². The minimum absolute atomic E-state index is 0.0503. The smallest absolute Gasteiger partial charge is 0.269 e. The lowest BCUT2D eigenvalue weighted by Crippen LogP contribution is -2.68. The van der Waals surface area contributed by atoms with E-state index in [0.29, 0.717) is 5.56 Å². The van der Waals surface area contributed by atoms with Gasteiger partial charge in [-0.05, 0) is 43.1 Å². The van der Waals surface area contributed by atoms with Crippen LogP contribution in [0.1, 0.15) is 18.4 Å². The number of carbonyl (C=O) groups is 2. The summed E-state index contributed by atoms with van der Waals surface area (Å²) in [5, 5.41) is 13.9. The van der Waals surface area contributed by atoms with Crippen molar-refractivity contribution in [3.05, 3.63) is 33.9 Å². The van der Waals surface area contributed by atoms with Crippen molar-refractivity contribution < 1.29 is 14.5 Å². The summed E-state index contributed by atoms with van der Waals surface area (Å²) in [7, 11) is 1.78. The predicted molar refractivity (Wildman–Crippen MR) is 93.1 cm³/mol. The molecule has 1 aromatic rings. The number of anilines is 1. The zero-order chi connectivity index (χ0) is 17.9. The maximum absolute atomic E-state index is 13.2. The second-order valence-corrected chi connectivity index (χ2v) is 7.24. The van der Waals surface area contributed by atoms with Gasteiger partial charge in [0.15, 0.2) is 5.11 Å². The van der Waals surface area contributed by atoms with E-state index in [4.69, 9.17) is 12.2 Å². The molecular formula is C16H16N4O4S. The lowest BCUT2D eigenvalue weighted by Gasteiger charge is -2.46. The largest absolute Gasteiger partial charge is 0.373 e. The molecule has 0 aromatic heterocycles. The monoisotopic (exact) mass is 360 g/mol. The van der Waals surface area contributed by atoms with Gasteiger partial charge in [-0.25, -0.2) is 0 Å². The van der Waals surface area contributed by atoms with Crippen LogP contribution in [0.4, 0.5) is 11.4 Å². The fourth-order valence-electron chi connectivity index (χ4n) is 3.73. The molecule has 0 bridgehead atoms. The van der Waals surface area contributed by atoms with Crippen LogP contribution >= 0.6 is 12.2 Å². The normalized spacial score (nSPS) is 25.9. The highest BCUT2D eigenvalue weighted by Crippen LogP contribution is 2.42. The van der Waals surface area contributed by atoms with Gasteiger partial charge < -0.3 is 10.2 Å². The van der Waals surface area contributed by atoms with Crippen LogP contribution in [-0.2, 0) is 16.0 Å². The molecule has 130 valence electrons. The molecule has 2 fully saturated rings. The van der Waals surface area contributed by atoms with Gasteiger partial charge in [-0.3, -0.25) is 24.6 Å². The van der Waals surface area contributed by atoms with Gasteiger partial charge in [0.05, 0.1) is 4.92 Å². The number of nitrogens with one attached hydrogen (secondary N) is 1. The van der Waals surface area contributed by atoms with Crippen LogP contribution in [0.5, 0.6) is 0 Å². The van der Waals surface area contributed by atoms with Crippen molar-refractivity contribution in [1.29, 1.82) is 0 Å². The first kappa shape index (κ1) is 15.9. The summed E-state index contributed by atoms with van der Waals surface area (Å²) in [4.78, 5) is 39.9. The van der Waals surface area contributed by atoms with Gasteiger partial charge in [0.2, 0.25) is 11.8 Å². The average Bonchev–Trinajstić information content (AvgIpc) is 3.37. The minimum Gasteiger partial charge on any atom is -0.373 e. The van der Waals surface area contributed by atoms with E-state index in [0.717, 1.165) is 18.5 Å². The number of benzene rings is 1. The van der Waals surface area contributed by atoms with Crippen LogP contribution in [0, 0.1) is 15.5 Å². The quantitative estimate of drug-likeness (QED) is 0.366. The number of non-ortho nitro benzene ring substituents is 1. The Hall–Kier alpha value is -2.55. The number of nitro groups is 1. The summed E-state index contributed by atoms with van der Waals surface area (Å²) in [5.74, 6) is -0.726. The first-order valence-corrected chi connectivity index (χ1v) is 8.42. The molecule has 9 heteroatoms. The molecule has 3 aliphatic rings. The van der Waals surface area contributed by atoms with Gasteiger partial charge in [-0.1, -0.05) is 0 Å². The number of rotatable bonds is 2. The maximum atomic E-state index is 13.2. The minimum atomic E-state index is -1.30. The van der Waals surface area contributed by atoms with E-state index in [9.17, 15) is 19.7 Å². The Morgan fingerprint density at radius 3 is 2.72 bits per heavy atom. The Balaban J connectivity index is 1.78. The fraction of sp³-hybridized carbons (Fsp3) is 0.438. The Morgan fingerprint density at radius 1 is 1.36 bits per heavy atom. The molecule has 1 N–H and O–H groups in total. The first-order valence-electron chi connectivity index (χ1n) is 8.01. The third kappa shape index (κ3) is 2.30. The number of amides is 2. The number of carbonyl (C=O) groups excluding carboxylic acids is 2. The van der Waals surface area contributed by atoms with E-state index < -0.39 is 16.2 Å². The third-order valence-electron chi connectivity index (χ3n) is 5.10. The van der Waals surface area contributed by atoms with Crippen LogP contribution in [0.3, 0.4) is 0 Å². The van der Waals surface area contributed by atoms with E-state index in [-0.39, 0.29) is 35.7 Å². The van der Waals surface area contributed by atoms with Crippen LogP contribution in [0.15, 0.2) is 18.2 Å². The highest BCUT2D eigenvalue weighted by Gasteiger charge is 2.57. The fourth-order valence-corrected chi connectivity index (χ4v) is 4.05. The summed E-state index contributed by atoms with van der Waals surface area (Å²) in [6, 6.07) is 4.59. The van der Waals surface area contributed by atoms with Crippen LogP contribution in [0.25, 0.3) is 0 Å². The van der Waals surface area contributed by atoms with E-state index in [1.165, 1.54) is 17.0 Å². The number of nitro benzene ring substituents is 1. The third-order valence-corrected chi connectivity index (χ3v) is 5.40. The lowest BCUT2D eigenvalue weighted by atomic mass is 9.74. The Kier molecular flexibility index (Phi) is 3.33. The number of thiocarbonyl (C=S) groups is 1.